The van der Waals surface area contributed by atoms with Gasteiger partial charge in [-0.15, -0.1) is 0 Å². The monoisotopic (exact) mass is 832 g/mol. The number of rotatable bonds is 11. The molecule has 0 radical (unpaired) electrons. The lowest BCUT2D eigenvalue weighted by molar-refractivity contribution is -0.486. The Morgan fingerprint density at radius 1 is 0.847 bits per heavy atom. The van der Waals surface area contributed by atoms with Crippen molar-refractivity contribution in [2.45, 2.75) is 152 Å². The van der Waals surface area contributed by atoms with Crippen LogP contribution in [-0.4, -0.2) is 114 Å². The largest absolute Gasteiger partial charge is 0.472 e. The number of carbonyl (C=O) groups is 6. The summed E-state index contributed by atoms with van der Waals surface area (Å²) in [7, 11) is 2.39. The Morgan fingerprint density at radius 2 is 1.47 bits per heavy atom. The quantitative estimate of drug-likeness (QED) is 0.192. The summed E-state index contributed by atoms with van der Waals surface area (Å²) in [5.74, 6) is -9.34. The zero-order valence-corrected chi connectivity index (χ0v) is 35.0. The van der Waals surface area contributed by atoms with Crippen molar-refractivity contribution in [1.82, 2.24) is 0 Å². The molecule has 18 nitrogen and oxygen atoms in total. The number of esters is 6. The van der Waals surface area contributed by atoms with E-state index in [9.17, 15) is 33.9 Å². The van der Waals surface area contributed by atoms with E-state index in [0.29, 0.717) is 5.56 Å². The predicted molar refractivity (Wildman–Crippen MR) is 192 cm³/mol. The molecule has 4 aliphatic carbocycles. The van der Waals surface area contributed by atoms with Gasteiger partial charge in [0.25, 0.3) is 5.97 Å². The molecule has 7 fully saturated rings. The van der Waals surface area contributed by atoms with Crippen molar-refractivity contribution in [2.75, 3.05) is 14.2 Å². The van der Waals surface area contributed by atoms with Gasteiger partial charge < -0.3 is 56.9 Å². The summed E-state index contributed by atoms with van der Waals surface area (Å²) in [6.07, 6.45) is -5.54. The van der Waals surface area contributed by atoms with Gasteiger partial charge in [-0.25, -0.2) is 4.79 Å². The summed E-state index contributed by atoms with van der Waals surface area (Å²) in [5, 5.41) is 13.3. The maximum Gasteiger partial charge on any atom is 0.341 e. The van der Waals surface area contributed by atoms with E-state index >= 15 is 0 Å². The number of hydrogen-bond acceptors (Lipinski definition) is 18. The van der Waals surface area contributed by atoms with Crippen LogP contribution in [0.25, 0.3) is 0 Å². The molecule has 3 aliphatic heterocycles. The van der Waals surface area contributed by atoms with E-state index in [4.69, 9.17) is 51.8 Å². The van der Waals surface area contributed by atoms with E-state index in [-0.39, 0.29) is 19.3 Å². The molecule has 1 N–H and O–H groups in total. The maximum absolute atomic E-state index is 14.4. The molecule has 4 bridgehead atoms. The van der Waals surface area contributed by atoms with E-state index in [1.165, 1.54) is 40.6 Å². The predicted octanol–water partition coefficient (Wildman–Crippen LogP) is 2.75. The van der Waals surface area contributed by atoms with Crippen molar-refractivity contribution in [3.8, 4) is 0 Å². The second-order valence-electron chi connectivity index (χ2n) is 18.4. The third-order valence-electron chi connectivity index (χ3n) is 15.5. The Hall–Kier alpha value is -4.10. The molecule has 1 aromatic rings. The van der Waals surface area contributed by atoms with Crippen LogP contribution >= 0.6 is 0 Å². The topological polar surface area (TPSA) is 231 Å². The van der Waals surface area contributed by atoms with E-state index in [2.05, 4.69) is 0 Å². The van der Waals surface area contributed by atoms with E-state index < -0.39 is 135 Å². The molecule has 4 saturated carbocycles. The highest BCUT2D eigenvalue weighted by Gasteiger charge is 3.06. The minimum atomic E-state index is -2.35. The summed E-state index contributed by atoms with van der Waals surface area (Å²) in [5.41, 5.74) is -14.5. The molecule has 0 amide bonds. The molecule has 8 rings (SSSR count). The Balaban J connectivity index is 1.52. The Bertz CT molecular complexity index is 2020. The molecule has 16 unspecified atom stereocenters. The number of aliphatic hydroxyl groups is 1. The summed E-state index contributed by atoms with van der Waals surface area (Å²) in [6.45, 7) is 13.3. The second-order valence-corrected chi connectivity index (χ2v) is 18.4. The summed E-state index contributed by atoms with van der Waals surface area (Å²) >= 11 is 0. The fourth-order valence-electron chi connectivity index (χ4n) is 13.6. The Labute approximate surface area is 340 Å². The highest BCUT2D eigenvalue weighted by atomic mass is 16.9. The molecule has 4 heterocycles. The molecule has 1 aromatic heterocycles. The zero-order valence-electron chi connectivity index (χ0n) is 35.0. The summed E-state index contributed by atoms with van der Waals surface area (Å²) < 4.78 is 68.8. The van der Waals surface area contributed by atoms with Gasteiger partial charge in [-0.2, -0.15) is 0 Å². The van der Waals surface area contributed by atoms with Crippen molar-refractivity contribution in [2.24, 2.45) is 28.1 Å². The van der Waals surface area contributed by atoms with Gasteiger partial charge in [0.2, 0.25) is 5.60 Å². The lowest BCUT2D eigenvalue weighted by Crippen LogP contribution is -2.96. The van der Waals surface area contributed by atoms with E-state index in [0.717, 1.165) is 13.8 Å². The Kier molecular flexibility index (Phi) is 8.81. The summed E-state index contributed by atoms with van der Waals surface area (Å²) in [4.78, 5) is 82.7. The van der Waals surface area contributed by atoms with Gasteiger partial charge in [0.1, 0.15) is 17.3 Å². The number of fused-ring (bicyclic) bond motifs is 2. The summed E-state index contributed by atoms with van der Waals surface area (Å²) in [6, 6.07) is 1.56. The van der Waals surface area contributed by atoms with Crippen molar-refractivity contribution >= 4 is 35.8 Å². The highest BCUT2D eigenvalue weighted by molar-refractivity contribution is 5.83. The number of methoxy groups -OCH3 is 2. The number of carbonyl (C=O) groups excluding carboxylic acids is 6. The van der Waals surface area contributed by atoms with Gasteiger partial charge in [0.05, 0.1) is 45.4 Å². The van der Waals surface area contributed by atoms with E-state index in [1.54, 1.807) is 40.7 Å². The van der Waals surface area contributed by atoms with Gasteiger partial charge in [-0.1, -0.05) is 20.8 Å². The molecule has 3 saturated heterocycles. The number of furan rings is 1. The number of hydrogen-bond donors (Lipinski definition) is 1. The number of aliphatic hydroxyl groups excluding tert-OH is 1. The van der Waals surface area contributed by atoms with Crippen LogP contribution in [0.5, 0.6) is 0 Å². The first kappa shape index (κ1) is 41.6. The van der Waals surface area contributed by atoms with Crippen LogP contribution < -0.4 is 0 Å². The first-order valence-corrected chi connectivity index (χ1v) is 19.8. The van der Waals surface area contributed by atoms with Crippen molar-refractivity contribution < 1.29 is 85.7 Å². The van der Waals surface area contributed by atoms with Crippen LogP contribution in [0.1, 0.15) is 99.7 Å². The second kappa shape index (κ2) is 12.5. The van der Waals surface area contributed by atoms with Gasteiger partial charge in [0, 0.05) is 61.8 Å². The molecule has 16 atom stereocenters. The molecule has 2 spiro atoms. The van der Waals surface area contributed by atoms with Crippen LogP contribution in [0.4, 0.5) is 0 Å². The standard InChI is InChI=1S/C41H52O18/c1-19-35(7,55-19)32(48)54-30-34(6)18-38-36(8,24(34)14-27(46)49-10)41-26(45)16-33(5,29(52-20(2)42)23-12-13-51-17-23)25(15-28(47)50-11)39(41,58-37(9,57-38)59-41)31(53-21(3)43)40(30,38)56-22(4)44/h12-13,17,19,24-26,29-31,45H,14-16,18H2,1-11H3. The van der Waals surface area contributed by atoms with Crippen LogP contribution in [0.15, 0.2) is 23.0 Å². The van der Waals surface area contributed by atoms with Gasteiger partial charge in [-0.3, -0.25) is 24.0 Å². The van der Waals surface area contributed by atoms with Gasteiger partial charge in [0.15, 0.2) is 23.4 Å². The molecule has 0 aromatic carbocycles. The first-order chi connectivity index (χ1) is 27.4. The molecular weight excluding hydrogens is 780 g/mol. The van der Waals surface area contributed by atoms with Crippen molar-refractivity contribution in [3.05, 3.63) is 24.2 Å². The molecule has 7 aliphatic rings. The number of epoxide rings is 1. The van der Waals surface area contributed by atoms with Crippen LogP contribution in [-0.2, 0) is 76.1 Å². The molecule has 18 heteroatoms. The third-order valence-corrected chi connectivity index (χ3v) is 15.5. The zero-order chi connectivity index (χ0) is 43.3. The average molecular weight is 833 g/mol. The fourth-order valence-corrected chi connectivity index (χ4v) is 13.6. The van der Waals surface area contributed by atoms with Gasteiger partial charge >= 0.3 is 35.8 Å². The van der Waals surface area contributed by atoms with E-state index in [1.807, 2.05) is 0 Å². The smallest absolute Gasteiger partial charge is 0.341 e. The normalized spacial score (nSPS) is 48.3. The van der Waals surface area contributed by atoms with Crippen molar-refractivity contribution in [3.63, 3.8) is 0 Å². The minimum Gasteiger partial charge on any atom is -0.472 e. The SMILES string of the molecule is COC(=O)CC1C(C)(C(OC(C)=O)c2ccoc2)CC(O)C23OC4(C)OC12C(OC(C)=O)C1(OC(C)=O)C(OC(=O)C2(C)OC2C)C2(C)CC1(O4)C3(C)C2CC(=O)OC. The maximum atomic E-state index is 14.4. The average Bonchev–Trinajstić information content (AvgIpc) is 3.47. The Morgan fingerprint density at radius 3 is 2.00 bits per heavy atom. The van der Waals surface area contributed by atoms with Gasteiger partial charge in [-0.05, 0) is 38.7 Å². The van der Waals surface area contributed by atoms with Crippen LogP contribution in [0.2, 0.25) is 0 Å². The number of ether oxygens (including phenoxy) is 10. The van der Waals surface area contributed by atoms with Crippen LogP contribution in [0, 0.1) is 28.1 Å². The lowest BCUT2D eigenvalue weighted by Gasteiger charge is -2.77. The third kappa shape index (κ3) is 4.69. The van der Waals surface area contributed by atoms with Crippen LogP contribution in [0.3, 0.4) is 0 Å². The first-order valence-electron chi connectivity index (χ1n) is 19.8. The molecular formula is C41H52O18. The fraction of sp³-hybridized carbons (Fsp3) is 0.756. The highest BCUT2D eigenvalue weighted by Crippen LogP contribution is 2.90. The molecule has 59 heavy (non-hydrogen) atoms. The van der Waals surface area contributed by atoms with Crippen molar-refractivity contribution in [1.29, 1.82) is 0 Å². The molecule has 324 valence electrons. The minimum absolute atomic E-state index is 0.106. The lowest BCUT2D eigenvalue weighted by atomic mass is 9.33.